The van der Waals surface area contributed by atoms with E-state index >= 15 is 0 Å². The standard InChI is InChI=1S/C25H23BrN6OS/c1-33-22-12-10-18(11-13-22)16-31-24(28-29-30-31)23-15-27-32(21-9-5-8-20(26)14-21)25(23)34-17-19-6-3-2-4-7-19/h2-15,29-30H,16-17H2,1H3. The van der Waals surface area contributed by atoms with Crippen LogP contribution < -0.4 is 15.8 Å². The van der Waals surface area contributed by atoms with Crippen LogP contribution in [0, 0.1) is 0 Å². The van der Waals surface area contributed by atoms with Gasteiger partial charge < -0.3 is 4.74 Å². The second kappa shape index (κ2) is 10.3. The Morgan fingerprint density at radius 3 is 2.56 bits per heavy atom. The number of ether oxygens (including phenoxy) is 1. The van der Waals surface area contributed by atoms with Crippen molar-refractivity contribution < 1.29 is 4.74 Å². The van der Waals surface area contributed by atoms with Crippen LogP contribution in [0.3, 0.4) is 0 Å². The maximum Gasteiger partial charge on any atom is 0.177 e. The van der Waals surface area contributed by atoms with Crippen LogP contribution in [0.1, 0.15) is 16.7 Å². The molecule has 172 valence electrons. The lowest BCUT2D eigenvalue weighted by molar-refractivity contribution is 0.287. The largest absolute Gasteiger partial charge is 0.497 e. The zero-order valence-electron chi connectivity index (χ0n) is 18.5. The van der Waals surface area contributed by atoms with E-state index in [0.717, 1.165) is 43.7 Å². The number of hydrogen-bond donors (Lipinski definition) is 2. The van der Waals surface area contributed by atoms with Gasteiger partial charge in [0.05, 0.1) is 31.1 Å². The summed E-state index contributed by atoms with van der Waals surface area (Å²) in [5.74, 6) is 2.44. The molecule has 0 spiro atoms. The number of amidine groups is 1. The minimum absolute atomic E-state index is 0.626. The summed E-state index contributed by atoms with van der Waals surface area (Å²) in [7, 11) is 1.67. The Morgan fingerprint density at radius 2 is 1.79 bits per heavy atom. The molecule has 4 aromatic rings. The van der Waals surface area contributed by atoms with E-state index in [-0.39, 0.29) is 0 Å². The lowest BCUT2D eigenvalue weighted by Gasteiger charge is -2.19. The number of benzene rings is 3. The summed E-state index contributed by atoms with van der Waals surface area (Å²) in [6, 6.07) is 26.6. The van der Waals surface area contributed by atoms with Crippen LogP contribution in [0.25, 0.3) is 5.69 Å². The molecule has 1 aliphatic heterocycles. The zero-order valence-corrected chi connectivity index (χ0v) is 20.9. The molecule has 0 saturated carbocycles. The van der Waals surface area contributed by atoms with E-state index in [1.165, 1.54) is 5.56 Å². The van der Waals surface area contributed by atoms with Crippen molar-refractivity contribution in [2.75, 3.05) is 7.11 Å². The van der Waals surface area contributed by atoms with Crippen molar-refractivity contribution >= 4 is 33.5 Å². The van der Waals surface area contributed by atoms with Gasteiger partial charge in [-0.2, -0.15) is 5.10 Å². The Hall–Kier alpha value is -3.27. The second-order valence-electron chi connectivity index (χ2n) is 7.62. The predicted octanol–water partition coefficient (Wildman–Crippen LogP) is 5.12. The van der Waals surface area contributed by atoms with Gasteiger partial charge in [-0.1, -0.05) is 64.5 Å². The molecule has 0 bridgehead atoms. The van der Waals surface area contributed by atoms with E-state index in [1.54, 1.807) is 18.9 Å². The summed E-state index contributed by atoms with van der Waals surface area (Å²) < 4.78 is 8.26. The SMILES string of the molecule is COc1ccc(CN2NNN=C2c2cnn(-c3cccc(Br)c3)c2SCc2ccccc2)cc1. The van der Waals surface area contributed by atoms with Crippen LogP contribution in [-0.2, 0) is 12.3 Å². The number of nitrogens with one attached hydrogen (secondary N) is 2. The number of rotatable bonds is 8. The van der Waals surface area contributed by atoms with E-state index < -0.39 is 0 Å². The number of thioether (sulfide) groups is 1. The van der Waals surface area contributed by atoms with Crippen molar-refractivity contribution in [3.05, 3.63) is 106 Å². The van der Waals surface area contributed by atoms with E-state index in [1.807, 2.05) is 58.4 Å². The molecule has 3 aromatic carbocycles. The van der Waals surface area contributed by atoms with Gasteiger partial charge in [-0.25, -0.2) is 10.2 Å². The molecule has 0 saturated heterocycles. The number of methoxy groups -OCH3 is 1. The third-order valence-corrected chi connectivity index (χ3v) is 6.98. The van der Waals surface area contributed by atoms with Gasteiger partial charge in [0.1, 0.15) is 10.8 Å². The first kappa shape index (κ1) is 22.5. The van der Waals surface area contributed by atoms with Crippen LogP contribution in [0.2, 0.25) is 0 Å². The highest BCUT2D eigenvalue weighted by Gasteiger charge is 2.26. The molecule has 0 radical (unpaired) electrons. The fourth-order valence-electron chi connectivity index (χ4n) is 3.63. The Bertz CT molecular complexity index is 1290. The Morgan fingerprint density at radius 1 is 0.971 bits per heavy atom. The molecule has 2 heterocycles. The van der Waals surface area contributed by atoms with Crippen molar-refractivity contribution in [3.63, 3.8) is 0 Å². The molecule has 0 unspecified atom stereocenters. The molecule has 9 heteroatoms. The lowest BCUT2D eigenvalue weighted by Crippen LogP contribution is -2.40. The van der Waals surface area contributed by atoms with E-state index in [0.29, 0.717) is 6.54 Å². The maximum atomic E-state index is 5.28. The normalized spacial score (nSPS) is 13.0. The zero-order chi connectivity index (χ0) is 23.3. The molecular weight excluding hydrogens is 512 g/mol. The first-order valence-corrected chi connectivity index (χ1v) is 12.5. The van der Waals surface area contributed by atoms with E-state index in [4.69, 9.17) is 9.84 Å². The molecule has 0 aliphatic carbocycles. The highest BCUT2D eigenvalue weighted by molar-refractivity contribution is 9.10. The average molecular weight is 535 g/mol. The quantitative estimate of drug-likeness (QED) is 0.306. The number of halogens is 1. The molecule has 5 rings (SSSR count). The van der Waals surface area contributed by atoms with Crippen LogP contribution in [0.5, 0.6) is 5.75 Å². The van der Waals surface area contributed by atoms with Gasteiger partial charge in [-0.15, -0.1) is 22.4 Å². The Balaban J connectivity index is 1.46. The average Bonchev–Trinajstić information content (AvgIpc) is 3.50. The van der Waals surface area contributed by atoms with Gasteiger partial charge in [0, 0.05) is 10.2 Å². The van der Waals surface area contributed by atoms with Gasteiger partial charge in [0.2, 0.25) is 0 Å². The summed E-state index contributed by atoms with van der Waals surface area (Å²) >= 11 is 5.32. The minimum Gasteiger partial charge on any atom is -0.497 e. The molecular formula is C25H23BrN6OS. The summed E-state index contributed by atoms with van der Waals surface area (Å²) in [5.41, 5.74) is 10.4. The molecule has 0 amide bonds. The van der Waals surface area contributed by atoms with E-state index in [2.05, 4.69) is 68.5 Å². The number of hydrogen-bond acceptors (Lipinski definition) is 7. The molecule has 7 nitrogen and oxygen atoms in total. The lowest BCUT2D eigenvalue weighted by atomic mass is 10.2. The predicted molar refractivity (Wildman–Crippen MR) is 139 cm³/mol. The first-order valence-electron chi connectivity index (χ1n) is 10.7. The molecule has 1 aliphatic rings. The molecule has 1 aromatic heterocycles. The molecule has 0 atom stereocenters. The van der Waals surface area contributed by atoms with Gasteiger partial charge in [0.25, 0.3) is 0 Å². The van der Waals surface area contributed by atoms with Crippen molar-refractivity contribution in [2.24, 2.45) is 5.10 Å². The summed E-state index contributed by atoms with van der Waals surface area (Å²) in [4.78, 5) is 0. The molecule has 34 heavy (non-hydrogen) atoms. The van der Waals surface area contributed by atoms with Crippen LogP contribution >= 0.6 is 27.7 Å². The minimum atomic E-state index is 0.626. The van der Waals surface area contributed by atoms with Crippen LogP contribution in [0.15, 0.2) is 99.7 Å². The molecule has 0 fully saturated rings. The van der Waals surface area contributed by atoms with Crippen molar-refractivity contribution in [2.45, 2.75) is 17.3 Å². The summed E-state index contributed by atoms with van der Waals surface area (Å²) in [5, 5.41) is 12.3. The number of aromatic nitrogens is 2. The highest BCUT2D eigenvalue weighted by Crippen LogP contribution is 2.31. The first-order chi connectivity index (χ1) is 16.7. The topological polar surface area (TPSA) is 66.7 Å². The van der Waals surface area contributed by atoms with Crippen molar-refractivity contribution in [1.29, 1.82) is 0 Å². The van der Waals surface area contributed by atoms with Crippen molar-refractivity contribution in [1.82, 2.24) is 25.9 Å². The van der Waals surface area contributed by atoms with Crippen molar-refractivity contribution in [3.8, 4) is 11.4 Å². The Labute approximate surface area is 210 Å². The molecule has 2 N–H and O–H groups in total. The fourth-order valence-corrected chi connectivity index (χ4v) is 5.09. The number of nitrogens with zero attached hydrogens (tertiary/aromatic N) is 4. The number of hydrazone groups is 1. The summed E-state index contributed by atoms with van der Waals surface area (Å²) in [6.45, 7) is 0.626. The third-order valence-electron chi connectivity index (χ3n) is 5.34. The fraction of sp³-hybridized carbons (Fsp3) is 0.120. The smallest absolute Gasteiger partial charge is 0.177 e. The van der Waals surface area contributed by atoms with Gasteiger partial charge in [-0.05, 0) is 41.5 Å². The van der Waals surface area contributed by atoms with Crippen LogP contribution in [0.4, 0.5) is 0 Å². The van der Waals surface area contributed by atoms with Gasteiger partial charge in [-0.3, -0.25) is 5.01 Å². The third kappa shape index (κ3) is 4.96. The Kier molecular flexibility index (Phi) is 6.84. The van der Waals surface area contributed by atoms with Gasteiger partial charge >= 0.3 is 0 Å². The van der Waals surface area contributed by atoms with E-state index in [9.17, 15) is 0 Å². The maximum absolute atomic E-state index is 5.28. The monoisotopic (exact) mass is 534 g/mol. The summed E-state index contributed by atoms with van der Waals surface area (Å²) in [6.07, 6.45) is 1.88. The van der Waals surface area contributed by atoms with Gasteiger partial charge in [0.15, 0.2) is 5.84 Å². The highest BCUT2D eigenvalue weighted by atomic mass is 79.9. The second-order valence-corrected chi connectivity index (χ2v) is 9.50. The number of hydrazine groups is 2. The van der Waals surface area contributed by atoms with Crippen LogP contribution in [-0.4, -0.2) is 27.7 Å².